The highest BCUT2D eigenvalue weighted by Crippen LogP contribution is 2.27. The van der Waals surface area contributed by atoms with Crippen LogP contribution in [-0.2, 0) is 30.4 Å². The molecular weight excluding hydrogens is 288 g/mol. The Morgan fingerprint density at radius 3 is 1.31 bits per heavy atom. The zero-order valence-electron chi connectivity index (χ0n) is 7.80. The first-order valence-electron chi connectivity index (χ1n) is 3.60. The molecule has 0 aromatic carbocycles. The topological polar surface area (TPSA) is 163 Å². The summed E-state index contributed by atoms with van der Waals surface area (Å²) < 4.78 is 87.4. The fraction of sp³-hybridized carbons (Fsp3) is 0.750. The van der Waals surface area contributed by atoms with Crippen LogP contribution >= 0.6 is 0 Å². The third kappa shape index (κ3) is 3.95. The number of rotatable bonds is 5. The molecule has 0 fully saturated rings. The molecule has 16 heavy (non-hydrogen) atoms. The summed E-state index contributed by atoms with van der Waals surface area (Å²) in [6.07, 6.45) is -0.673. The van der Waals surface area contributed by atoms with Gasteiger partial charge >= 0.3 is 0 Å². The van der Waals surface area contributed by atoms with Crippen LogP contribution in [0.15, 0.2) is 0 Å². The van der Waals surface area contributed by atoms with Gasteiger partial charge in [0.2, 0.25) is 0 Å². The molecule has 1 unspecified atom stereocenters. The van der Waals surface area contributed by atoms with Crippen molar-refractivity contribution in [2.75, 3.05) is 0 Å². The molecule has 0 aromatic heterocycles. The van der Waals surface area contributed by atoms with Crippen molar-refractivity contribution < 1.29 is 38.9 Å². The van der Waals surface area contributed by atoms with E-state index in [1.54, 1.807) is 0 Å². The molecule has 0 aliphatic rings. The van der Waals surface area contributed by atoms with Crippen LogP contribution in [0.1, 0.15) is 13.3 Å². The van der Waals surface area contributed by atoms with Crippen molar-refractivity contribution in [2.24, 2.45) is 0 Å². The summed E-state index contributed by atoms with van der Waals surface area (Å²) in [5.41, 5.74) is 0. The van der Waals surface area contributed by atoms with Crippen LogP contribution in [0.25, 0.3) is 0 Å². The minimum atomic E-state index is -5.48. The minimum Gasteiger partial charge on any atom is -0.285 e. The molecule has 0 bridgehead atoms. The van der Waals surface area contributed by atoms with E-state index >= 15 is 0 Å². The molecule has 97 valence electrons. The first kappa shape index (κ1) is 15.7. The van der Waals surface area contributed by atoms with E-state index in [0.29, 0.717) is 0 Å². The summed E-state index contributed by atoms with van der Waals surface area (Å²) in [6, 6.07) is 0. The van der Waals surface area contributed by atoms with Crippen LogP contribution in [-0.4, -0.2) is 44.2 Å². The highest BCUT2D eigenvalue weighted by atomic mass is 32.3. The lowest BCUT2D eigenvalue weighted by molar-refractivity contribution is 0.447. The molecule has 0 aliphatic heterocycles. The van der Waals surface area contributed by atoms with Crippen molar-refractivity contribution in [3.8, 4) is 0 Å². The second-order valence-corrected chi connectivity index (χ2v) is 7.32. The Kier molecular flexibility index (Phi) is 4.46. The smallest absolute Gasteiger partial charge is 0.285 e. The van der Waals surface area contributed by atoms with Crippen molar-refractivity contribution in [1.82, 2.24) is 0 Å². The van der Waals surface area contributed by atoms with Gasteiger partial charge in [0.05, 0.1) is 0 Å². The Balaban J connectivity index is 5.93. The fourth-order valence-corrected chi connectivity index (χ4v) is 5.15. The van der Waals surface area contributed by atoms with Gasteiger partial charge in [-0.25, -0.2) is 0 Å². The van der Waals surface area contributed by atoms with E-state index in [1.807, 2.05) is 0 Å². The summed E-state index contributed by atoms with van der Waals surface area (Å²) in [5, 5.41) is -2.45. The van der Waals surface area contributed by atoms with Gasteiger partial charge in [-0.1, -0.05) is 6.92 Å². The first-order valence-corrected chi connectivity index (χ1v) is 7.98. The van der Waals surface area contributed by atoms with E-state index < -0.39 is 46.6 Å². The SMILES string of the molecule is CCC([C](S(=O)(=O)O)S(=O)(=O)O)S(=O)(=O)O. The van der Waals surface area contributed by atoms with Gasteiger partial charge in [-0.3, -0.25) is 13.7 Å². The Hall–Kier alpha value is -0.270. The maximum absolute atomic E-state index is 10.7. The summed E-state index contributed by atoms with van der Waals surface area (Å²) in [6.45, 7) is 1.04. The van der Waals surface area contributed by atoms with Crippen molar-refractivity contribution in [3.05, 3.63) is 4.58 Å². The largest absolute Gasteiger partial charge is 0.292 e. The predicted molar refractivity (Wildman–Crippen MR) is 52.0 cm³/mol. The zero-order chi connectivity index (χ0) is 13.4. The molecule has 0 heterocycles. The summed E-state index contributed by atoms with van der Waals surface area (Å²) >= 11 is 0. The van der Waals surface area contributed by atoms with Gasteiger partial charge in [0.15, 0.2) is 0 Å². The van der Waals surface area contributed by atoms with Crippen LogP contribution in [0.5, 0.6) is 0 Å². The average molecular weight is 297 g/mol. The van der Waals surface area contributed by atoms with Gasteiger partial charge in [0.1, 0.15) is 5.25 Å². The predicted octanol–water partition coefficient (Wildman–Crippen LogP) is -1.08. The monoisotopic (exact) mass is 297 g/mol. The summed E-state index contributed by atoms with van der Waals surface area (Å²) in [4.78, 5) is 0. The molecular formula is C4H9O9S3. The maximum atomic E-state index is 10.7. The lowest BCUT2D eigenvalue weighted by Gasteiger charge is -2.16. The second kappa shape index (κ2) is 4.54. The van der Waals surface area contributed by atoms with Crippen molar-refractivity contribution >= 4 is 30.4 Å². The van der Waals surface area contributed by atoms with Crippen LogP contribution in [0.2, 0.25) is 0 Å². The Bertz CT molecular complexity index is 506. The maximum Gasteiger partial charge on any atom is 0.292 e. The lowest BCUT2D eigenvalue weighted by Crippen LogP contribution is -2.37. The number of hydrogen-bond acceptors (Lipinski definition) is 6. The summed E-state index contributed by atoms with van der Waals surface area (Å²) in [7, 11) is -16.1. The van der Waals surface area contributed by atoms with E-state index in [4.69, 9.17) is 13.7 Å². The van der Waals surface area contributed by atoms with Crippen LogP contribution in [0.4, 0.5) is 0 Å². The third-order valence-electron chi connectivity index (χ3n) is 1.50. The molecule has 1 radical (unpaired) electrons. The van der Waals surface area contributed by atoms with Gasteiger partial charge in [-0.2, -0.15) is 25.3 Å². The van der Waals surface area contributed by atoms with Crippen molar-refractivity contribution in [2.45, 2.75) is 18.6 Å². The molecule has 0 amide bonds. The molecule has 0 aromatic rings. The zero-order valence-corrected chi connectivity index (χ0v) is 10.2. The van der Waals surface area contributed by atoms with E-state index in [0.717, 1.165) is 6.92 Å². The summed E-state index contributed by atoms with van der Waals surface area (Å²) in [5.74, 6) is 0. The molecule has 0 saturated carbocycles. The standard InChI is InChI=1S/C4H9O9S3/c1-2-3(14(5,6)7)4(15(8,9)10)16(11,12)13/h3H,2H2,1H3,(H,5,6,7)(H,8,9,10)(H,11,12,13). The van der Waals surface area contributed by atoms with Gasteiger partial charge < -0.3 is 0 Å². The van der Waals surface area contributed by atoms with Crippen molar-refractivity contribution in [1.29, 1.82) is 0 Å². The molecule has 12 heteroatoms. The molecule has 0 saturated heterocycles. The molecule has 0 spiro atoms. The second-order valence-electron chi connectivity index (χ2n) is 2.68. The fourth-order valence-electron chi connectivity index (χ4n) is 0.964. The Labute approximate surface area is 92.7 Å². The van der Waals surface area contributed by atoms with E-state index in [1.165, 1.54) is 0 Å². The van der Waals surface area contributed by atoms with Crippen molar-refractivity contribution in [3.63, 3.8) is 0 Å². The van der Waals surface area contributed by atoms with Crippen LogP contribution in [0.3, 0.4) is 0 Å². The van der Waals surface area contributed by atoms with E-state index in [-0.39, 0.29) is 0 Å². The molecule has 0 aliphatic carbocycles. The molecule has 0 rings (SSSR count). The van der Waals surface area contributed by atoms with E-state index in [9.17, 15) is 25.3 Å². The van der Waals surface area contributed by atoms with Crippen LogP contribution < -0.4 is 0 Å². The number of hydrogen-bond donors (Lipinski definition) is 3. The highest BCUT2D eigenvalue weighted by Gasteiger charge is 2.49. The molecule has 3 N–H and O–H groups in total. The average Bonchev–Trinajstić information content (AvgIpc) is 1.91. The van der Waals surface area contributed by atoms with Crippen LogP contribution in [0, 0.1) is 4.58 Å². The quantitative estimate of drug-likeness (QED) is 0.535. The Morgan fingerprint density at radius 1 is 0.938 bits per heavy atom. The van der Waals surface area contributed by atoms with Gasteiger partial charge in [0.25, 0.3) is 34.9 Å². The van der Waals surface area contributed by atoms with Gasteiger partial charge in [-0.05, 0) is 6.42 Å². The molecule has 1 atom stereocenters. The van der Waals surface area contributed by atoms with Gasteiger partial charge in [-0.15, -0.1) is 0 Å². The first-order chi connectivity index (χ1) is 6.81. The highest BCUT2D eigenvalue weighted by molar-refractivity contribution is 8.09. The lowest BCUT2D eigenvalue weighted by atomic mass is 10.4. The van der Waals surface area contributed by atoms with E-state index in [2.05, 4.69) is 0 Å². The normalized spacial score (nSPS) is 16.3. The third-order valence-corrected chi connectivity index (χ3v) is 5.94. The Morgan fingerprint density at radius 2 is 1.25 bits per heavy atom. The molecule has 9 nitrogen and oxygen atoms in total. The van der Waals surface area contributed by atoms with Gasteiger partial charge in [0, 0.05) is 0 Å². The minimum absolute atomic E-state index is 0.673.